The van der Waals surface area contributed by atoms with E-state index in [-0.39, 0.29) is 0 Å². The lowest BCUT2D eigenvalue weighted by molar-refractivity contribution is 0.553. The molecule has 2 atom stereocenters. The van der Waals surface area contributed by atoms with Gasteiger partial charge in [0.1, 0.15) is 10.7 Å². The zero-order chi connectivity index (χ0) is 12.5. The third-order valence-corrected chi connectivity index (χ3v) is 4.48. The van der Waals surface area contributed by atoms with Crippen LogP contribution in [0.5, 0.6) is 0 Å². The number of nitrogens with zero attached hydrogens (tertiary/aromatic N) is 1. The molecule has 1 saturated carbocycles. The van der Waals surface area contributed by atoms with Crippen LogP contribution in [0.2, 0.25) is 0 Å². The van der Waals surface area contributed by atoms with Crippen LogP contribution >= 0.6 is 0 Å². The van der Waals surface area contributed by atoms with E-state index in [1.165, 1.54) is 19.1 Å². The first-order valence-corrected chi connectivity index (χ1v) is 7.79. The summed E-state index contributed by atoms with van der Waals surface area (Å²) in [6.07, 6.45) is 6.31. The maximum atomic E-state index is 11.6. The summed E-state index contributed by atoms with van der Waals surface area (Å²) in [5.41, 5.74) is 0. The van der Waals surface area contributed by atoms with Crippen molar-refractivity contribution in [3.05, 3.63) is 18.3 Å². The first-order chi connectivity index (χ1) is 7.98. The molecular formula is C12H18N2O2S. The fourth-order valence-corrected chi connectivity index (χ4v) is 3.12. The Morgan fingerprint density at radius 2 is 2.18 bits per heavy atom. The van der Waals surface area contributed by atoms with Gasteiger partial charge >= 0.3 is 0 Å². The minimum absolute atomic E-state index is 0.291. The molecule has 1 aromatic heterocycles. The van der Waals surface area contributed by atoms with E-state index < -0.39 is 9.84 Å². The molecule has 0 bridgehead atoms. The molecule has 2 rings (SSSR count). The van der Waals surface area contributed by atoms with Crippen molar-refractivity contribution in [1.29, 1.82) is 0 Å². The molecule has 0 aromatic carbocycles. The van der Waals surface area contributed by atoms with Gasteiger partial charge in [0.25, 0.3) is 0 Å². The zero-order valence-electron chi connectivity index (χ0n) is 10.2. The van der Waals surface area contributed by atoms with Gasteiger partial charge in [0, 0.05) is 18.5 Å². The summed E-state index contributed by atoms with van der Waals surface area (Å²) in [5.74, 6) is 1.07. The minimum atomic E-state index is -3.22. The highest BCUT2D eigenvalue weighted by molar-refractivity contribution is 7.90. The topological polar surface area (TPSA) is 59.1 Å². The third kappa shape index (κ3) is 2.77. The largest absolute Gasteiger partial charge is 0.366 e. The average Bonchev–Trinajstić information content (AvgIpc) is 2.64. The summed E-state index contributed by atoms with van der Waals surface area (Å²) in [7, 11) is -3.22. The summed E-state index contributed by atoms with van der Waals surface area (Å²) in [4.78, 5) is 4.44. The van der Waals surface area contributed by atoms with Crippen LogP contribution in [-0.2, 0) is 9.84 Å². The molecule has 17 heavy (non-hydrogen) atoms. The van der Waals surface area contributed by atoms with Crippen LogP contribution in [0.3, 0.4) is 0 Å². The van der Waals surface area contributed by atoms with Crippen molar-refractivity contribution in [2.75, 3.05) is 11.6 Å². The molecule has 1 heterocycles. The molecule has 0 aliphatic heterocycles. The van der Waals surface area contributed by atoms with E-state index in [0.29, 0.717) is 22.7 Å². The van der Waals surface area contributed by atoms with Crippen LogP contribution in [-0.4, -0.2) is 25.7 Å². The number of pyridine rings is 1. The fourth-order valence-electron chi connectivity index (χ4n) is 2.33. The van der Waals surface area contributed by atoms with Crippen LogP contribution in [0, 0.1) is 5.92 Å². The van der Waals surface area contributed by atoms with Gasteiger partial charge in [-0.15, -0.1) is 0 Å². The van der Waals surface area contributed by atoms with E-state index >= 15 is 0 Å². The number of nitrogens with one attached hydrogen (secondary N) is 1. The van der Waals surface area contributed by atoms with Crippen LogP contribution in [0.25, 0.3) is 0 Å². The summed E-state index contributed by atoms with van der Waals surface area (Å²) in [6, 6.07) is 3.59. The second kappa shape index (κ2) is 4.64. The van der Waals surface area contributed by atoms with Crippen molar-refractivity contribution in [3.63, 3.8) is 0 Å². The molecule has 0 amide bonds. The van der Waals surface area contributed by atoms with Crippen LogP contribution in [0.4, 0.5) is 5.82 Å². The molecule has 0 radical (unpaired) electrons. The Labute approximate surface area is 102 Å². The second-order valence-corrected chi connectivity index (χ2v) is 6.77. The van der Waals surface area contributed by atoms with Gasteiger partial charge in [0.05, 0.1) is 0 Å². The van der Waals surface area contributed by atoms with E-state index in [4.69, 9.17) is 0 Å². The van der Waals surface area contributed by atoms with Crippen molar-refractivity contribution in [2.45, 2.75) is 37.1 Å². The molecule has 94 valence electrons. The normalized spacial score (nSPS) is 24.8. The molecule has 0 saturated heterocycles. The smallest absolute Gasteiger partial charge is 0.179 e. The van der Waals surface area contributed by atoms with E-state index in [1.54, 1.807) is 18.3 Å². The molecule has 2 unspecified atom stereocenters. The summed E-state index contributed by atoms with van der Waals surface area (Å²) in [6.45, 7) is 2.19. The average molecular weight is 254 g/mol. The van der Waals surface area contributed by atoms with E-state index in [1.807, 2.05) is 0 Å². The lowest BCUT2D eigenvalue weighted by atomic mass is 10.1. The summed E-state index contributed by atoms with van der Waals surface area (Å²) < 4.78 is 23.3. The number of rotatable bonds is 3. The Hall–Kier alpha value is -1.10. The molecule has 4 nitrogen and oxygen atoms in total. The number of aromatic nitrogens is 1. The van der Waals surface area contributed by atoms with Gasteiger partial charge in [0.15, 0.2) is 9.84 Å². The number of sulfone groups is 1. The molecule has 5 heteroatoms. The maximum Gasteiger partial charge on any atom is 0.179 e. The highest BCUT2D eigenvalue weighted by Crippen LogP contribution is 2.29. The van der Waals surface area contributed by atoms with Gasteiger partial charge in [-0.1, -0.05) is 13.3 Å². The fraction of sp³-hybridized carbons (Fsp3) is 0.583. The Morgan fingerprint density at radius 3 is 2.76 bits per heavy atom. The zero-order valence-corrected chi connectivity index (χ0v) is 11.0. The first kappa shape index (κ1) is 12.4. The number of anilines is 1. The molecule has 1 aliphatic carbocycles. The minimum Gasteiger partial charge on any atom is -0.366 e. The lowest BCUT2D eigenvalue weighted by Crippen LogP contribution is -2.23. The predicted octanol–water partition coefficient (Wildman–Crippen LogP) is 2.09. The summed E-state index contributed by atoms with van der Waals surface area (Å²) in [5, 5.41) is 3.28. The SMILES string of the molecule is CC1CCCC1Nc1ncccc1S(C)(=O)=O. The van der Waals surface area contributed by atoms with E-state index in [9.17, 15) is 8.42 Å². The maximum absolute atomic E-state index is 11.6. The van der Waals surface area contributed by atoms with Crippen molar-refractivity contribution >= 4 is 15.7 Å². The van der Waals surface area contributed by atoms with Crippen LogP contribution in [0.1, 0.15) is 26.2 Å². The molecule has 1 fully saturated rings. The van der Waals surface area contributed by atoms with Gasteiger partial charge in [-0.3, -0.25) is 0 Å². The quantitative estimate of drug-likeness (QED) is 0.897. The van der Waals surface area contributed by atoms with Crippen LogP contribution in [0.15, 0.2) is 23.2 Å². The monoisotopic (exact) mass is 254 g/mol. The molecule has 1 N–H and O–H groups in total. The Kier molecular flexibility index (Phi) is 3.38. The van der Waals surface area contributed by atoms with Gasteiger partial charge in [-0.25, -0.2) is 13.4 Å². The van der Waals surface area contributed by atoms with Crippen molar-refractivity contribution in [2.24, 2.45) is 5.92 Å². The van der Waals surface area contributed by atoms with Gasteiger partial charge in [0.2, 0.25) is 0 Å². The molecule has 1 aliphatic rings. The Morgan fingerprint density at radius 1 is 1.41 bits per heavy atom. The van der Waals surface area contributed by atoms with Crippen LogP contribution < -0.4 is 5.32 Å². The van der Waals surface area contributed by atoms with E-state index in [2.05, 4.69) is 17.2 Å². The first-order valence-electron chi connectivity index (χ1n) is 5.90. The molecule has 1 aromatic rings. The highest BCUT2D eigenvalue weighted by atomic mass is 32.2. The van der Waals surface area contributed by atoms with E-state index in [0.717, 1.165) is 6.42 Å². The third-order valence-electron chi connectivity index (χ3n) is 3.35. The van der Waals surface area contributed by atoms with Gasteiger partial charge < -0.3 is 5.32 Å². The lowest BCUT2D eigenvalue weighted by Gasteiger charge is -2.19. The predicted molar refractivity (Wildman–Crippen MR) is 67.8 cm³/mol. The number of hydrogen-bond donors (Lipinski definition) is 1. The van der Waals surface area contributed by atoms with Gasteiger partial charge in [-0.05, 0) is 30.9 Å². The van der Waals surface area contributed by atoms with Crippen molar-refractivity contribution in [3.8, 4) is 0 Å². The highest BCUT2D eigenvalue weighted by Gasteiger charge is 2.25. The summed E-state index contributed by atoms with van der Waals surface area (Å²) >= 11 is 0. The standard InChI is InChI=1S/C12H18N2O2S/c1-9-5-3-6-10(9)14-12-11(17(2,15)16)7-4-8-13-12/h4,7-10H,3,5-6H2,1-2H3,(H,13,14). The molecular weight excluding hydrogens is 236 g/mol. The molecule has 0 spiro atoms. The Balaban J connectivity index is 2.27. The van der Waals surface area contributed by atoms with Gasteiger partial charge in [-0.2, -0.15) is 0 Å². The van der Waals surface area contributed by atoms with Crippen molar-refractivity contribution < 1.29 is 8.42 Å². The Bertz CT molecular complexity index is 499. The number of hydrogen-bond acceptors (Lipinski definition) is 4. The second-order valence-electron chi connectivity index (χ2n) is 4.78. The van der Waals surface area contributed by atoms with Crippen molar-refractivity contribution in [1.82, 2.24) is 4.98 Å².